The van der Waals surface area contributed by atoms with E-state index in [0.717, 1.165) is 35.7 Å². The summed E-state index contributed by atoms with van der Waals surface area (Å²) in [5.41, 5.74) is 1.00. The van der Waals surface area contributed by atoms with Crippen LogP contribution >= 0.6 is 11.8 Å². The molecular formula is C11H18N2OS. The number of oxazole rings is 1. The lowest BCUT2D eigenvalue weighted by Crippen LogP contribution is -2.22. The Morgan fingerprint density at radius 3 is 3.00 bits per heavy atom. The molecule has 1 aromatic rings. The molecule has 84 valence electrons. The van der Waals surface area contributed by atoms with E-state index in [-0.39, 0.29) is 0 Å². The third kappa shape index (κ3) is 2.98. The summed E-state index contributed by atoms with van der Waals surface area (Å²) in [5, 5.41) is 4.20. The second-order valence-corrected chi connectivity index (χ2v) is 5.42. The van der Waals surface area contributed by atoms with Crippen molar-refractivity contribution in [3.05, 3.63) is 17.3 Å². The molecule has 1 fully saturated rings. The summed E-state index contributed by atoms with van der Waals surface area (Å²) in [6, 6.07) is 0. The zero-order valence-corrected chi connectivity index (χ0v) is 10.2. The van der Waals surface area contributed by atoms with Gasteiger partial charge in [0.25, 0.3) is 0 Å². The van der Waals surface area contributed by atoms with Gasteiger partial charge in [0, 0.05) is 11.8 Å². The van der Waals surface area contributed by atoms with Crippen LogP contribution in [0.2, 0.25) is 0 Å². The molecular weight excluding hydrogens is 208 g/mol. The summed E-state index contributed by atoms with van der Waals surface area (Å²) in [4.78, 5) is 4.34. The van der Waals surface area contributed by atoms with Crippen molar-refractivity contribution < 1.29 is 4.42 Å². The molecule has 2 heterocycles. The summed E-state index contributed by atoms with van der Waals surface area (Å²) >= 11 is 2.07. The second-order valence-electron chi connectivity index (χ2n) is 4.02. The highest BCUT2D eigenvalue weighted by Gasteiger charge is 2.15. The van der Waals surface area contributed by atoms with Gasteiger partial charge in [-0.05, 0) is 32.4 Å². The van der Waals surface area contributed by atoms with Crippen molar-refractivity contribution in [3.63, 3.8) is 0 Å². The molecule has 4 heteroatoms. The zero-order chi connectivity index (χ0) is 10.7. The van der Waals surface area contributed by atoms with Gasteiger partial charge < -0.3 is 9.73 Å². The standard InChI is InChI=1S/C11H18N2OS/c1-8-9(2)14-11(13-8)7-12-6-10-4-3-5-15-10/h10,12H,3-7H2,1-2H3. The Morgan fingerprint density at radius 1 is 1.53 bits per heavy atom. The predicted molar refractivity (Wildman–Crippen MR) is 63.2 cm³/mol. The minimum absolute atomic E-state index is 0.756. The molecule has 2 rings (SSSR count). The van der Waals surface area contributed by atoms with Gasteiger partial charge in [-0.3, -0.25) is 0 Å². The summed E-state index contributed by atoms with van der Waals surface area (Å²) in [7, 11) is 0. The van der Waals surface area contributed by atoms with Crippen molar-refractivity contribution in [1.29, 1.82) is 0 Å². The molecule has 0 aliphatic carbocycles. The molecule has 1 aromatic heterocycles. The second kappa shape index (κ2) is 5.03. The van der Waals surface area contributed by atoms with Crippen molar-refractivity contribution in [2.45, 2.75) is 38.5 Å². The van der Waals surface area contributed by atoms with Crippen LogP contribution in [0.1, 0.15) is 30.2 Å². The predicted octanol–water partition coefficient (Wildman–Crippen LogP) is 2.28. The largest absolute Gasteiger partial charge is 0.444 e. The lowest BCUT2D eigenvalue weighted by atomic mass is 10.2. The van der Waals surface area contributed by atoms with Gasteiger partial charge in [0.05, 0.1) is 12.2 Å². The molecule has 1 atom stereocenters. The summed E-state index contributed by atoms with van der Waals surface area (Å²) < 4.78 is 5.50. The molecule has 0 amide bonds. The van der Waals surface area contributed by atoms with Crippen LogP contribution < -0.4 is 5.32 Å². The lowest BCUT2D eigenvalue weighted by molar-refractivity contribution is 0.448. The number of nitrogens with zero attached hydrogens (tertiary/aromatic N) is 1. The first kappa shape index (κ1) is 11.0. The molecule has 3 nitrogen and oxygen atoms in total. The van der Waals surface area contributed by atoms with Crippen molar-refractivity contribution in [1.82, 2.24) is 10.3 Å². The Hall–Kier alpha value is -0.480. The Bertz CT molecular complexity index is 299. The fourth-order valence-corrected chi connectivity index (χ4v) is 3.00. The number of hydrogen-bond acceptors (Lipinski definition) is 4. The van der Waals surface area contributed by atoms with Crippen LogP contribution in [0.3, 0.4) is 0 Å². The van der Waals surface area contributed by atoms with Gasteiger partial charge >= 0.3 is 0 Å². The van der Waals surface area contributed by atoms with Crippen LogP contribution in [0.15, 0.2) is 4.42 Å². The highest BCUT2D eigenvalue weighted by Crippen LogP contribution is 2.25. The van der Waals surface area contributed by atoms with Crippen LogP contribution in [0, 0.1) is 13.8 Å². The Labute approximate surface area is 95.0 Å². The highest BCUT2D eigenvalue weighted by atomic mass is 32.2. The Kier molecular flexibility index (Phi) is 3.70. The van der Waals surface area contributed by atoms with E-state index in [4.69, 9.17) is 4.42 Å². The van der Waals surface area contributed by atoms with E-state index in [9.17, 15) is 0 Å². The van der Waals surface area contributed by atoms with Gasteiger partial charge in [-0.15, -0.1) is 0 Å². The van der Waals surface area contributed by atoms with Gasteiger partial charge in [0.2, 0.25) is 5.89 Å². The van der Waals surface area contributed by atoms with Gasteiger partial charge in [-0.25, -0.2) is 4.98 Å². The van der Waals surface area contributed by atoms with Crippen LogP contribution in [-0.4, -0.2) is 22.5 Å². The van der Waals surface area contributed by atoms with Gasteiger partial charge in [0.15, 0.2) is 0 Å². The molecule has 1 N–H and O–H groups in total. The van der Waals surface area contributed by atoms with Gasteiger partial charge in [-0.1, -0.05) is 0 Å². The van der Waals surface area contributed by atoms with Crippen molar-refractivity contribution >= 4 is 11.8 Å². The Balaban J connectivity index is 1.73. The normalized spacial score (nSPS) is 21.1. The maximum absolute atomic E-state index is 5.50. The summed E-state index contributed by atoms with van der Waals surface area (Å²) in [5.74, 6) is 3.07. The minimum atomic E-state index is 0.756. The van der Waals surface area contributed by atoms with Crippen LogP contribution in [0.5, 0.6) is 0 Å². The summed E-state index contributed by atoms with van der Waals surface area (Å²) in [6.07, 6.45) is 2.72. The van der Waals surface area contributed by atoms with E-state index < -0.39 is 0 Å². The minimum Gasteiger partial charge on any atom is -0.444 e. The van der Waals surface area contributed by atoms with E-state index in [2.05, 4.69) is 22.1 Å². The smallest absolute Gasteiger partial charge is 0.208 e. The van der Waals surface area contributed by atoms with Gasteiger partial charge in [0.1, 0.15) is 5.76 Å². The number of thioether (sulfide) groups is 1. The monoisotopic (exact) mass is 226 g/mol. The topological polar surface area (TPSA) is 38.1 Å². The van der Waals surface area contributed by atoms with Crippen molar-refractivity contribution in [3.8, 4) is 0 Å². The first-order chi connectivity index (χ1) is 7.25. The van der Waals surface area contributed by atoms with Crippen LogP contribution in [0.4, 0.5) is 0 Å². The van der Waals surface area contributed by atoms with E-state index in [1.165, 1.54) is 18.6 Å². The van der Waals surface area contributed by atoms with Crippen LogP contribution in [0.25, 0.3) is 0 Å². The molecule has 1 saturated heterocycles. The molecule has 1 unspecified atom stereocenters. The Morgan fingerprint density at radius 2 is 2.40 bits per heavy atom. The highest BCUT2D eigenvalue weighted by molar-refractivity contribution is 8.00. The van der Waals surface area contributed by atoms with E-state index >= 15 is 0 Å². The lowest BCUT2D eigenvalue weighted by Gasteiger charge is -2.07. The quantitative estimate of drug-likeness (QED) is 0.854. The zero-order valence-electron chi connectivity index (χ0n) is 9.38. The number of aromatic nitrogens is 1. The molecule has 0 bridgehead atoms. The molecule has 1 aliphatic heterocycles. The van der Waals surface area contributed by atoms with E-state index in [1.807, 2.05) is 13.8 Å². The third-order valence-corrected chi connectivity index (χ3v) is 4.14. The first-order valence-electron chi connectivity index (χ1n) is 5.51. The van der Waals surface area contributed by atoms with Crippen LogP contribution in [-0.2, 0) is 6.54 Å². The molecule has 0 radical (unpaired) electrons. The number of rotatable bonds is 4. The average Bonchev–Trinajstić information content (AvgIpc) is 2.79. The molecule has 0 aromatic carbocycles. The van der Waals surface area contributed by atoms with E-state index in [0.29, 0.717) is 0 Å². The molecule has 1 aliphatic rings. The fourth-order valence-electron chi connectivity index (χ4n) is 1.76. The maximum atomic E-state index is 5.50. The first-order valence-corrected chi connectivity index (χ1v) is 6.56. The average molecular weight is 226 g/mol. The molecule has 0 saturated carbocycles. The molecule has 15 heavy (non-hydrogen) atoms. The van der Waals surface area contributed by atoms with E-state index in [1.54, 1.807) is 0 Å². The SMILES string of the molecule is Cc1nc(CNCC2CCCS2)oc1C. The number of hydrogen-bond donors (Lipinski definition) is 1. The summed E-state index contributed by atoms with van der Waals surface area (Å²) in [6.45, 7) is 5.77. The fraction of sp³-hybridized carbons (Fsp3) is 0.727. The van der Waals surface area contributed by atoms with Gasteiger partial charge in [-0.2, -0.15) is 11.8 Å². The number of aryl methyl sites for hydroxylation is 2. The van der Waals surface area contributed by atoms with Crippen molar-refractivity contribution in [2.75, 3.05) is 12.3 Å². The molecule has 0 spiro atoms. The number of nitrogens with one attached hydrogen (secondary N) is 1. The van der Waals surface area contributed by atoms with Crippen molar-refractivity contribution in [2.24, 2.45) is 0 Å². The maximum Gasteiger partial charge on any atom is 0.208 e. The third-order valence-electron chi connectivity index (χ3n) is 2.75.